The van der Waals surface area contributed by atoms with E-state index in [0.29, 0.717) is 10.9 Å². The van der Waals surface area contributed by atoms with Gasteiger partial charge in [0.15, 0.2) is 0 Å². The summed E-state index contributed by atoms with van der Waals surface area (Å²) in [4.78, 5) is 0.665. The van der Waals surface area contributed by atoms with E-state index in [1.165, 1.54) is 11.3 Å². The molecule has 19 heavy (non-hydrogen) atoms. The molecule has 1 atom stereocenters. The molecule has 0 aliphatic heterocycles. The van der Waals surface area contributed by atoms with Crippen molar-refractivity contribution in [3.63, 3.8) is 0 Å². The topological polar surface area (TPSA) is 26.0 Å². The summed E-state index contributed by atoms with van der Waals surface area (Å²) in [7, 11) is 0. The summed E-state index contributed by atoms with van der Waals surface area (Å²) < 4.78 is 51.6. The van der Waals surface area contributed by atoms with Gasteiger partial charge in [0, 0.05) is 10.4 Å². The Hall–Kier alpha value is -1.40. The van der Waals surface area contributed by atoms with E-state index in [1.807, 2.05) is 0 Å². The number of hydrogen-bond acceptors (Lipinski definition) is 2. The molecule has 102 valence electrons. The predicted octanol–water partition coefficient (Wildman–Crippen LogP) is 4.26. The molecule has 0 aliphatic rings. The van der Waals surface area contributed by atoms with Gasteiger partial charge >= 0.3 is 6.18 Å². The monoisotopic (exact) mass is 289 g/mol. The van der Waals surface area contributed by atoms with Gasteiger partial charge in [-0.15, -0.1) is 11.3 Å². The van der Waals surface area contributed by atoms with Gasteiger partial charge < -0.3 is 5.73 Å². The third kappa shape index (κ3) is 2.79. The van der Waals surface area contributed by atoms with Crippen molar-refractivity contribution in [2.75, 3.05) is 0 Å². The number of hydrogen-bond donors (Lipinski definition) is 1. The number of halogens is 4. The summed E-state index contributed by atoms with van der Waals surface area (Å²) in [5.41, 5.74) is 5.69. The number of benzene rings is 1. The molecule has 2 rings (SSSR count). The summed E-state index contributed by atoms with van der Waals surface area (Å²) in [6, 6.07) is 3.21. The molecule has 0 bridgehead atoms. The molecule has 6 heteroatoms. The second-order valence-corrected chi connectivity index (χ2v) is 5.13. The molecule has 1 nitrogen and oxygen atoms in total. The quantitative estimate of drug-likeness (QED) is 0.821. The van der Waals surface area contributed by atoms with E-state index in [1.54, 1.807) is 18.4 Å². The van der Waals surface area contributed by atoms with Crippen molar-refractivity contribution in [3.8, 4) is 0 Å². The summed E-state index contributed by atoms with van der Waals surface area (Å²) in [5.74, 6) is -0.728. The highest BCUT2D eigenvalue weighted by molar-refractivity contribution is 7.10. The minimum Gasteiger partial charge on any atom is -0.320 e. The van der Waals surface area contributed by atoms with Crippen LogP contribution in [0.1, 0.15) is 27.6 Å². The van der Waals surface area contributed by atoms with E-state index in [2.05, 4.69) is 0 Å². The lowest BCUT2D eigenvalue weighted by Crippen LogP contribution is -2.15. The Kier molecular flexibility index (Phi) is 3.64. The van der Waals surface area contributed by atoms with Gasteiger partial charge in [-0.1, -0.05) is 0 Å². The van der Waals surface area contributed by atoms with Crippen molar-refractivity contribution in [2.24, 2.45) is 5.73 Å². The lowest BCUT2D eigenvalue weighted by atomic mass is 10.0. The number of alkyl halides is 3. The third-order valence-electron chi connectivity index (χ3n) is 2.84. The summed E-state index contributed by atoms with van der Waals surface area (Å²) in [5, 5.41) is 1.77. The minimum atomic E-state index is -4.51. The first-order valence-corrected chi connectivity index (χ1v) is 6.35. The molecule has 1 aromatic carbocycles. The van der Waals surface area contributed by atoms with Gasteiger partial charge in [0.05, 0.1) is 11.6 Å². The van der Waals surface area contributed by atoms with Crippen molar-refractivity contribution < 1.29 is 17.6 Å². The molecule has 0 aliphatic carbocycles. The maximum atomic E-state index is 13.7. The van der Waals surface area contributed by atoms with E-state index in [0.717, 1.165) is 17.7 Å². The Morgan fingerprint density at radius 3 is 2.42 bits per heavy atom. The van der Waals surface area contributed by atoms with Crippen LogP contribution in [0.4, 0.5) is 17.6 Å². The first-order valence-electron chi connectivity index (χ1n) is 5.47. The smallest absolute Gasteiger partial charge is 0.320 e. The zero-order chi connectivity index (χ0) is 14.2. The van der Waals surface area contributed by atoms with E-state index < -0.39 is 23.6 Å². The highest BCUT2D eigenvalue weighted by Gasteiger charge is 2.32. The Bertz CT molecular complexity index is 589. The molecule has 0 spiro atoms. The summed E-state index contributed by atoms with van der Waals surface area (Å²) in [6.45, 7) is 1.79. The van der Waals surface area contributed by atoms with Crippen LogP contribution in [0.25, 0.3) is 0 Å². The highest BCUT2D eigenvalue weighted by atomic mass is 32.1. The van der Waals surface area contributed by atoms with Crippen LogP contribution in [-0.2, 0) is 6.18 Å². The molecule has 0 fully saturated rings. The number of aryl methyl sites for hydroxylation is 1. The van der Waals surface area contributed by atoms with Crippen molar-refractivity contribution in [1.82, 2.24) is 0 Å². The maximum absolute atomic E-state index is 13.7. The van der Waals surface area contributed by atoms with Gasteiger partial charge in [-0.25, -0.2) is 4.39 Å². The molecule has 2 aromatic rings. The van der Waals surface area contributed by atoms with Crippen LogP contribution >= 0.6 is 11.3 Å². The van der Waals surface area contributed by atoms with E-state index in [4.69, 9.17) is 5.73 Å². The lowest BCUT2D eigenvalue weighted by Gasteiger charge is -2.15. The molecule has 0 saturated carbocycles. The second-order valence-electron chi connectivity index (χ2n) is 4.18. The zero-order valence-electron chi connectivity index (χ0n) is 9.96. The van der Waals surface area contributed by atoms with Gasteiger partial charge in [0.2, 0.25) is 0 Å². The SMILES string of the molecule is Cc1ccsc1C(N)c1cc(C(F)(F)F)ccc1F. The molecular weight excluding hydrogens is 278 g/mol. The number of nitrogens with two attached hydrogens (primary N) is 1. The third-order valence-corrected chi connectivity index (χ3v) is 3.94. The molecule has 0 radical (unpaired) electrons. The van der Waals surface area contributed by atoms with Gasteiger partial charge in [-0.3, -0.25) is 0 Å². The average Bonchev–Trinajstić information content (AvgIpc) is 2.73. The molecular formula is C13H11F4NS. The van der Waals surface area contributed by atoms with Gasteiger partial charge in [-0.2, -0.15) is 13.2 Å². The predicted molar refractivity (Wildman–Crippen MR) is 66.5 cm³/mol. The van der Waals surface area contributed by atoms with Gasteiger partial charge in [-0.05, 0) is 42.1 Å². The maximum Gasteiger partial charge on any atom is 0.416 e. The molecule has 1 aromatic heterocycles. The molecule has 0 amide bonds. The van der Waals surface area contributed by atoms with Crippen molar-refractivity contribution >= 4 is 11.3 Å². The minimum absolute atomic E-state index is 0.139. The summed E-state index contributed by atoms with van der Waals surface area (Å²) in [6.07, 6.45) is -4.51. The average molecular weight is 289 g/mol. The fraction of sp³-hybridized carbons (Fsp3) is 0.231. The fourth-order valence-corrected chi connectivity index (χ4v) is 2.75. The van der Waals surface area contributed by atoms with E-state index >= 15 is 0 Å². The van der Waals surface area contributed by atoms with Gasteiger partial charge in [0.25, 0.3) is 0 Å². The molecule has 1 unspecified atom stereocenters. The van der Waals surface area contributed by atoms with Crippen LogP contribution in [0.15, 0.2) is 29.6 Å². The van der Waals surface area contributed by atoms with Crippen molar-refractivity contribution in [3.05, 3.63) is 57.0 Å². The van der Waals surface area contributed by atoms with E-state index in [9.17, 15) is 17.6 Å². The Labute approximate surface area is 111 Å². The lowest BCUT2D eigenvalue weighted by molar-refractivity contribution is -0.137. The Morgan fingerprint density at radius 1 is 1.21 bits per heavy atom. The molecule has 0 saturated heterocycles. The standard InChI is InChI=1S/C13H11F4NS/c1-7-4-5-19-12(7)11(18)9-6-8(13(15,16)17)2-3-10(9)14/h2-6,11H,18H2,1H3. The van der Waals surface area contributed by atoms with Crippen LogP contribution in [0.3, 0.4) is 0 Å². The van der Waals surface area contributed by atoms with Crippen molar-refractivity contribution in [1.29, 1.82) is 0 Å². The van der Waals surface area contributed by atoms with Crippen LogP contribution in [0.2, 0.25) is 0 Å². The Balaban J connectivity index is 2.47. The number of rotatable bonds is 2. The molecule has 1 heterocycles. The fourth-order valence-electron chi connectivity index (χ4n) is 1.80. The van der Waals surface area contributed by atoms with Crippen LogP contribution in [0, 0.1) is 12.7 Å². The number of thiophene rings is 1. The Morgan fingerprint density at radius 2 is 1.89 bits per heavy atom. The highest BCUT2D eigenvalue weighted by Crippen LogP contribution is 2.34. The first-order chi connectivity index (χ1) is 8.80. The first kappa shape index (κ1) is 14.0. The van der Waals surface area contributed by atoms with Gasteiger partial charge in [0.1, 0.15) is 5.82 Å². The van der Waals surface area contributed by atoms with Crippen LogP contribution in [0.5, 0.6) is 0 Å². The normalized spacial score (nSPS) is 13.6. The largest absolute Gasteiger partial charge is 0.416 e. The second kappa shape index (κ2) is 4.94. The van der Waals surface area contributed by atoms with E-state index in [-0.39, 0.29) is 5.56 Å². The van der Waals surface area contributed by atoms with Crippen LogP contribution in [-0.4, -0.2) is 0 Å². The summed E-state index contributed by atoms with van der Waals surface area (Å²) >= 11 is 1.30. The van der Waals surface area contributed by atoms with Crippen molar-refractivity contribution in [2.45, 2.75) is 19.1 Å². The van der Waals surface area contributed by atoms with Crippen LogP contribution < -0.4 is 5.73 Å². The zero-order valence-corrected chi connectivity index (χ0v) is 10.8. The molecule has 2 N–H and O–H groups in total.